The minimum absolute atomic E-state index is 0.0662. The number of nitrogens with one attached hydrogen (secondary N) is 1. The van der Waals surface area contributed by atoms with E-state index in [1.165, 1.54) is 19.6 Å². The van der Waals surface area contributed by atoms with Crippen molar-refractivity contribution in [3.05, 3.63) is 53.0 Å². The van der Waals surface area contributed by atoms with E-state index >= 15 is 0 Å². The van der Waals surface area contributed by atoms with E-state index in [2.05, 4.69) is 15.0 Å². The van der Waals surface area contributed by atoms with Gasteiger partial charge in [-0.15, -0.1) is 0 Å². The Morgan fingerprint density at radius 1 is 1.21 bits per heavy atom. The molecule has 9 heteroatoms. The van der Waals surface area contributed by atoms with Gasteiger partial charge >= 0.3 is 0 Å². The summed E-state index contributed by atoms with van der Waals surface area (Å²) in [4.78, 5) is 34.3. The maximum atomic E-state index is 14.4. The standard InChI is InChI=1S/C15H10F2N4O3/c1-24-15-9-7(4-19-14(9)20-5-21-15)12(22)10-8(16)3-2-6(11(10)17)13(18)23/h2-5H,1H3,(H2,18,23)(H,19,20,21). The number of hydrogen-bond acceptors (Lipinski definition) is 5. The van der Waals surface area contributed by atoms with Crippen LogP contribution in [0, 0.1) is 11.6 Å². The number of carbonyl (C=O) groups excluding carboxylic acids is 2. The van der Waals surface area contributed by atoms with E-state index in [1.807, 2.05) is 0 Å². The smallest absolute Gasteiger partial charge is 0.251 e. The van der Waals surface area contributed by atoms with Crippen LogP contribution in [0.5, 0.6) is 5.88 Å². The molecule has 3 N–H and O–H groups in total. The molecule has 0 saturated heterocycles. The third kappa shape index (κ3) is 2.26. The van der Waals surface area contributed by atoms with Gasteiger partial charge in [0.2, 0.25) is 11.7 Å². The van der Waals surface area contributed by atoms with Crippen LogP contribution >= 0.6 is 0 Å². The largest absolute Gasteiger partial charge is 0.480 e. The second-order valence-electron chi connectivity index (χ2n) is 4.79. The maximum absolute atomic E-state index is 14.4. The Morgan fingerprint density at radius 3 is 2.62 bits per heavy atom. The highest BCUT2D eigenvalue weighted by Crippen LogP contribution is 2.28. The summed E-state index contributed by atoms with van der Waals surface area (Å²) in [5, 5.41) is 0.174. The molecule has 2 aromatic heterocycles. The number of ether oxygens (including phenoxy) is 1. The van der Waals surface area contributed by atoms with Crippen LogP contribution in [-0.4, -0.2) is 33.8 Å². The van der Waals surface area contributed by atoms with Crippen LogP contribution < -0.4 is 10.5 Å². The molecule has 0 fully saturated rings. The Bertz CT molecular complexity index is 984. The zero-order valence-electron chi connectivity index (χ0n) is 12.3. The molecule has 3 rings (SSSR count). The minimum atomic E-state index is -1.32. The SMILES string of the molecule is COc1ncnc2[nH]cc(C(=O)c3c(F)ccc(C(N)=O)c3F)c12. The molecule has 3 aromatic rings. The number of aromatic amines is 1. The molecule has 7 nitrogen and oxygen atoms in total. The fourth-order valence-electron chi connectivity index (χ4n) is 2.35. The molecule has 0 radical (unpaired) electrons. The van der Waals surface area contributed by atoms with Gasteiger partial charge in [-0.3, -0.25) is 9.59 Å². The van der Waals surface area contributed by atoms with Gasteiger partial charge in [0, 0.05) is 6.20 Å². The number of nitrogens with zero attached hydrogens (tertiary/aromatic N) is 2. The second kappa shape index (κ2) is 5.69. The normalized spacial score (nSPS) is 10.8. The number of amides is 1. The summed E-state index contributed by atoms with van der Waals surface area (Å²) >= 11 is 0. The van der Waals surface area contributed by atoms with Crippen LogP contribution in [0.1, 0.15) is 26.3 Å². The lowest BCUT2D eigenvalue weighted by Crippen LogP contribution is -2.17. The van der Waals surface area contributed by atoms with Crippen LogP contribution in [0.3, 0.4) is 0 Å². The lowest BCUT2D eigenvalue weighted by molar-refractivity contribution is 0.0996. The van der Waals surface area contributed by atoms with Gasteiger partial charge in [-0.2, -0.15) is 0 Å². The molecule has 0 spiro atoms. The molecule has 0 aliphatic carbocycles. The van der Waals surface area contributed by atoms with Gasteiger partial charge in [0.1, 0.15) is 23.6 Å². The number of nitrogens with two attached hydrogens (primary N) is 1. The van der Waals surface area contributed by atoms with Gasteiger partial charge in [-0.25, -0.2) is 18.7 Å². The van der Waals surface area contributed by atoms with Crippen LogP contribution in [-0.2, 0) is 0 Å². The molecular formula is C15H10F2N4O3. The molecular weight excluding hydrogens is 322 g/mol. The molecule has 0 saturated carbocycles. The average molecular weight is 332 g/mol. The summed E-state index contributed by atoms with van der Waals surface area (Å²) in [7, 11) is 1.33. The first-order chi connectivity index (χ1) is 11.5. The summed E-state index contributed by atoms with van der Waals surface area (Å²) < 4.78 is 33.5. The molecule has 122 valence electrons. The molecule has 0 aliphatic heterocycles. The second-order valence-corrected chi connectivity index (χ2v) is 4.79. The predicted molar refractivity (Wildman–Crippen MR) is 78.7 cm³/mol. The van der Waals surface area contributed by atoms with Crippen molar-refractivity contribution in [3.8, 4) is 5.88 Å². The Morgan fingerprint density at radius 2 is 1.96 bits per heavy atom. The number of hydrogen-bond donors (Lipinski definition) is 2. The van der Waals surface area contributed by atoms with Crippen LogP contribution in [0.25, 0.3) is 11.0 Å². The van der Waals surface area contributed by atoms with Gasteiger partial charge in [0.15, 0.2) is 0 Å². The number of aromatic nitrogens is 3. The Kier molecular flexibility index (Phi) is 3.68. The van der Waals surface area contributed by atoms with Gasteiger partial charge in [-0.1, -0.05) is 0 Å². The van der Waals surface area contributed by atoms with E-state index in [4.69, 9.17) is 10.5 Å². The van der Waals surface area contributed by atoms with Gasteiger partial charge in [-0.05, 0) is 12.1 Å². The lowest BCUT2D eigenvalue weighted by Gasteiger charge is -2.07. The summed E-state index contributed by atoms with van der Waals surface area (Å²) in [5.74, 6) is -4.48. The number of methoxy groups -OCH3 is 1. The van der Waals surface area contributed by atoms with E-state index in [9.17, 15) is 18.4 Å². The number of halogens is 2. The topological polar surface area (TPSA) is 111 Å². The number of rotatable bonds is 4. The van der Waals surface area contributed by atoms with Crippen molar-refractivity contribution in [2.24, 2.45) is 5.73 Å². The van der Waals surface area contributed by atoms with E-state index in [0.717, 1.165) is 12.1 Å². The molecule has 1 aromatic carbocycles. The highest BCUT2D eigenvalue weighted by molar-refractivity contribution is 6.17. The molecule has 0 bridgehead atoms. The zero-order valence-corrected chi connectivity index (χ0v) is 12.3. The maximum Gasteiger partial charge on any atom is 0.251 e. The highest BCUT2D eigenvalue weighted by atomic mass is 19.1. The van der Waals surface area contributed by atoms with E-state index < -0.39 is 34.5 Å². The first-order valence-electron chi connectivity index (χ1n) is 6.64. The zero-order chi connectivity index (χ0) is 17.4. The van der Waals surface area contributed by atoms with Crippen molar-refractivity contribution in [1.82, 2.24) is 15.0 Å². The average Bonchev–Trinajstić information content (AvgIpc) is 2.98. The summed E-state index contributed by atoms with van der Waals surface area (Å²) in [6.07, 6.45) is 2.45. The molecule has 2 heterocycles. The summed E-state index contributed by atoms with van der Waals surface area (Å²) in [5.41, 5.74) is 3.72. The molecule has 0 atom stereocenters. The number of fused-ring (bicyclic) bond motifs is 1. The quantitative estimate of drug-likeness (QED) is 0.705. The van der Waals surface area contributed by atoms with E-state index in [-0.39, 0.29) is 22.5 Å². The predicted octanol–water partition coefficient (Wildman–Crippen LogP) is 1.57. The number of H-pyrrole nitrogens is 1. The van der Waals surface area contributed by atoms with Crippen molar-refractivity contribution in [2.45, 2.75) is 0 Å². The van der Waals surface area contributed by atoms with Gasteiger partial charge in [0.25, 0.3) is 5.91 Å². The Hall–Kier alpha value is -3.36. The third-order valence-electron chi connectivity index (χ3n) is 3.46. The van der Waals surface area contributed by atoms with Crippen molar-refractivity contribution < 1.29 is 23.1 Å². The first kappa shape index (κ1) is 15.5. The van der Waals surface area contributed by atoms with Gasteiger partial charge in [0.05, 0.1) is 29.2 Å². The highest BCUT2D eigenvalue weighted by Gasteiger charge is 2.27. The molecule has 24 heavy (non-hydrogen) atoms. The monoisotopic (exact) mass is 332 g/mol. The van der Waals surface area contributed by atoms with Crippen molar-refractivity contribution in [2.75, 3.05) is 7.11 Å². The third-order valence-corrected chi connectivity index (χ3v) is 3.46. The lowest BCUT2D eigenvalue weighted by atomic mass is 9.99. The number of primary amides is 1. The minimum Gasteiger partial charge on any atom is -0.480 e. The van der Waals surface area contributed by atoms with Crippen LogP contribution in [0.4, 0.5) is 8.78 Å². The Labute approximate surface area is 133 Å². The number of benzene rings is 1. The fourth-order valence-corrected chi connectivity index (χ4v) is 2.35. The number of ketones is 1. The Balaban J connectivity index is 2.25. The van der Waals surface area contributed by atoms with E-state index in [1.54, 1.807) is 0 Å². The summed E-state index contributed by atoms with van der Waals surface area (Å²) in [6.45, 7) is 0. The fraction of sp³-hybridized carbons (Fsp3) is 0.0667. The van der Waals surface area contributed by atoms with E-state index in [0.29, 0.717) is 0 Å². The summed E-state index contributed by atoms with van der Waals surface area (Å²) in [6, 6.07) is 1.68. The van der Waals surface area contributed by atoms with Gasteiger partial charge < -0.3 is 15.5 Å². The number of carbonyl (C=O) groups is 2. The van der Waals surface area contributed by atoms with Crippen molar-refractivity contribution >= 4 is 22.7 Å². The van der Waals surface area contributed by atoms with Crippen molar-refractivity contribution in [1.29, 1.82) is 0 Å². The molecule has 1 amide bonds. The molecule has 0 unspecified atom stereocenters. The van der Waals surface area contributed by atoms with Crippen LogP contribution in [0.15, 0.2) is 24.7 Å². The van der Waals surface area contributed by atoms with Crippen molar-refractivity contribution in [3.63, 3.8) is 0 Å². The van der Waals surface area contributed by atoms with Crippen LogP contribution in [0.2, 0.25) is 0 Å². The first-order valence-corrected chi connectivity index (χ1v) is 6.64. The molecule has 0 aliphatic rings.